The predicted octanol–water partition coefficient (Wildman–Crippen LogP) is 3.87. The summed E-state index contributed by atoms with van der Waals surface area (Å²) in [5.74, 6) is 1.64. The van der Waals surface area contributed by atoms with Gasteiger partial charge in [0, 0.05) is 74.1 Å². The van der Waals surface area contributed by atoms with Gasteiger partial charge in [-0.25, -0.2) is 9.97 Å². The molecule has 3 heterocycles. The Bertz CT molecular complexity index is 1360. The van der Waals surface area contributed by atoms with E-state index in [1.807, 2.05) is 23.1 Å². The summed E-state index contributed by atoms with van der Waals surface area (Å²) in [4.78, 5) is 39.3. The van der Waals surface area contributed by atoms with Gasteiger partial charge in [0.25, 0.3) is 0 Å². The molecule has 2 aliphatic heterocycles. The molecule has 0 saturated carbocycles. The zero-order chi connectivity index (χ0) is 27.9. The van der Waals surface area contributed by atoms with Gasteiger partial charge in [-0.15, -0.1) is 0 Å². The number of Topliss-reactive ketones (excluding diaryl/α,β-unsaturated/α-hetero) is 1. The number of carbonyl (C=O) groups is 2. The molecule has 3 aromatic rings. The molecule has 1 fully saturated rings. The normalized spacial score (nSPS) is 17.7. The van der Waals surface area contributed by atoms with E-state index < -0.39 is 0 Å². The van der Waals surface area contributed by atoms with Gasteiger partial charge < -0.3 is 24.4 Å². The highest BCUT2D eigenvalue weighted by Crippen LogP contribution is 2.35. The first-order chi connectivity index (χ1) is 19.5. The lowest BCUT2D eigenvalue weighted by Crippen LogP contribution is -2.43. The van der Waals surface area contributed by atoms with Gasteiger partial charge >= 0.3 is 0 Å². The molecule has 1 amide bonds. The van der Waals surface area contributed by atoms with E-state index in [2.05, 4.69) is 20.2 Å². The van der Waals surface area contributed by atoms with Crippen LogP contribution in [0.25, 0.3) is 10.9 Å². The summed E-state index contributed by atoms with van der Waals surface area (Å²) in [6.45, 7) is 5.41. The average Bonchev–Trinajstić information content (AvgIpc) is 2.97. The number of benzene rings is 2. The van der Waals surface area contributed by atoms with Crippen molar-refractivity contribution in [2.24, 2.45) is 0 Å². The number of ketones is 1. The lowest BCUT2D eigenvalue weighted by atomic mass is 10.0. The molecule has 5 rings (SSSR count). The van der Waals surface area contributed by atoms with Gasteiger partial charge in [0.05, 0.1) is 32.4 Å². The zero-order valence-electron chi connectivity index (χ0n) is 22.7. The van der Waals surface area contributed by atoms with Crippen molar-refractivity contribution in [2.75, 3.05) is 65.0 Å². The molecule has 11 heteroatoms. The van der Waals surface area contributed by atoms with Gasteiger partial charge in [-0.05, 0) is 30.2 Å². The van der Waals surface area contributed by atoms with E-state index in [0.29, 0.717) is 72.9 Å². The molecule has 0 radical (unpaired) electrons. The molecule has 2 aliphatic rings. The van der Waals surface area contributed by atoms with Gasteiger partial charge in [0.1, 0.15) is 17.9 Å². The largest absolute Gasteiger partial charge is 0.493 e. The number of ether oxygens (including phenoxy) is 3. The first-order valence-electron chi connectivity index (χ1n) is 13.6. The van der Waals surface area contributed by atoms with E-state index >= 15 is 0 Å². The van der Waals surface area contributed by atoms with Crippen LogP contribution >= 0.6 is 11.6 Å². The van der Waals surface area contributed by atoms with Gasteiger partial charge in [0.15, 0.2) is 11.5 Å². The van der Waals surface area contributed by atoms with Crippen LogP contribution in [0.3, 0.4) is 0 Å². The number of hydrogen-bond acceptors (Lipinski definition) is 9. The Morgan fingerprint density at radius 2 is 1.88 bits per heavy atom. The van der Waals surface area contributed by atoms with Crippen LogP contribution in [-0.4, -0.2) is 91.1 Å². The standard InChI is InChI=1S/C29H34ClN5O5/c1-38-26-18-25-23-17-27(26)40-12-2-7-35(9-8-34-10-13-39-14-11-34)28(37)6-5-22(36)15-20-3-4-21(30)16-24(20)33-29(23)32-19-31-25/h3-4,16-19H,2,5-15H2,1H3,(H,31,32,33). The Balaban J connectivity index is 1.44. The number of aromatic nitrogens is 2. The highest BCUT2D eigenvalue weighted by atomic mass is 35.5. The third-order valence-electron chi connectivity index (χ3n) is 7.22. The molecule has 2 aromatic carbocycles. The molecule has 212 valence electrons. The van der Waals surface area contributed by atoms with E-state index in [0.717, 1.165) is 30.6 Å². The van der Waals surface area contributed by atoms with Gasteiger partial charge in [0.2, 0.25) is 5.91 Å². The van der Waals surface area contributed by atoms with Crippen molar-refractivity contribution in [3.63, 3.8) is 0 Å². The van der Waals surface area contributed by atoms with Crippen molar-refractivity contribution in [1.29, 1.82) is 0 Å². The van der Waals surface area contributed by atoms with Crippen molar-refractivity contribution in [2.45, 2.75) is 25.7 Å². The molecular formula is C29H34ClN5O5. The van der Waals surface area contributed by atoms with E-state index in [4.69, 9.17) is 25.8 Å². The number of anilines is 2. The van der Waals surface area contributed by atoms with E-state index in [-0.39, 0.29) is 31.0 Å². The van der Waals surface area contributed by atoms with Crippen LogP contribution < -0.4 is 14.8 Å². The second-order valence-corrected chi connectivity index (χ2v) is 10.4. The van der Waals surface area contributed by atoms with E-state index in [1.165, 1.54) is 6.33 Å². The van der Waals surface area contributed by atoms with Crippen LogP contribution in [0.2, 0.25) is 5.02 Å². The summed E-state index contributed by atoms with van der Waals surface area (Å²) in [7, 11) is 1.59. The van der Waals surface area contributed by atoms with Crippen LogP contribution in [0.15, 0.2) is 36.7 Å². The molecule has 10 nitrogen and oxygen atoms in total. The highest BCUT2D eigenvalue weighted by Gasteiger charge is 2.20. The zero-order valence-corrected chi connectivity index (χ0v) is 23.4. The molecule has 40 heavy (non-hydrogen) atoms. The quantitative estimate of drug-likeness (QED) is 0.503. The number of carbonyl (C=O) groups excluding carboxylic acids is 2. The van der Waals surface area contributed by atoms with Crippen LogP contribution in [0.1, 0.15) is 24.8 Å². The third kappa shape index (κ3) is 6.99. The summed E-state index contributed by atoms with van der Waals surface area (Å²) in [6, 6.07) is 9.02. The maximum Gasteiger partial charge on any atom is 0.223 e. The molecule has 0 atom stereocenters. The first-order valence-corrected chi connectivity index (χ1v) is 14.0. The van der Waals surface area contributed by atoms with Crippen molar-refractivity contribution in [3.8, 4) is 11.5 Å². The van der Waals surface area contributed by atoms with Crippen molar-refractivity contribution in [1.82, 2.24) is 19.8 Å². The average molecular weight is 568 g/mol. The fourth-order valence-corrected chi connectivity index (χ4v) is 5.15. The van der Waals surface area contributed by atoms with E-state index in [9.17, 15) is 9.59 Å². The van der Waals surface area contributed by atoms with Crippen molar-refractivity contribution < 1.29 is 23.8 Å². The molecule has 0 aliphatic carbocycles. The summed E-state index contributed by atoms with van der Waals surface area (Å²) in [6.07, 6.45) is 2.61. The molecule has 1 saturated heterocycles. The predicted molar refractivity (Wildman–Crippen MR) is 153 cm³/mol. The minimum atomic E-state index is -0.0259. The van der Waals surface area contributed by atoms with Crippen molar-refractivity contribution >= 4 is 45.7 Å². The molecule has 1 N–H and O–H groups in total. The number of morpholine rings is 1. The number of nitrogens with one attached hydrogen (secondary N) is 1. The summed E-state index contributed by atoms with van der Waals surface area (Å²) >= 11 is 6.32. The number of nitrogens with zero attached hydrogens (tertiary/aromatic N) is 4. The Morgan fingerprint density at radius 1 is 1.02 bits per heavy atom. The molecule has 0 spiro atoms. The summed E-state index contributed by atoms with van der Waals surface area (Å²) in [5, 5.41) is 4.61. The number of halogens is 1. The Morgan fingerprint density at radius 3 is 2.70 bits per heavy atom. The Kier molecular flexibility index (Phi) is 9.30. The van der Waals surface area contributed by atoms with Crippen LogP contribution in [0.5, 0.6) is 11.5 Å². The fraction of sp³-hybridized carbons (Fsp3) is 0.448. The van der Waals surface area contributed by atoms with Gasteiger partial charge in [-0.3, -0.25) is 14.5 Å². The highest BCUT2D eigenvalue weighted by molar-refractivity contribution is 6.31. The van der Waals surface area contributed by atoms with Crippen LogP contribution in [0.4, 0.5) is 11.5 Å². The maximum atomic E-state index is 13.3. The maximum absolute atomic E-state index is 13.3. The smallest absolute Gasteiger partial charge is 0.223 e. The topological polar surface area (TPSA) is 106 Å². The summed E-state index contributed by atoms with van der Waals surface area (Å²) < 4.78 is 17.2. The monoisotopic (exact) mass is 567 g/mol. The van der Waals surface area contributed by atoms with E-state index in [1.54, 1.807) is 19.2 Å². The van der Waals surface area contributed by atoms with Crippen LogP contribution in [-0.2, 0) is 20.7 Å². The lowest BCUT2D eigenvalue weighted by Gasteiger charge is -2.30. The second kappa shape index (κ2) is 13.3. The lowest BCUT2D eigenvalue weighted by molar-refractivity contribution is -0.133. The van der Waals surface area contributed by atoms with Crippen molar-refractivity contribution in [3.05, 3.63) is 47.2 Å². The van der Waals surface area contributed by atoms with Crippen LogP contribution in [0, 0.1) is 0 Å². The molecule has 1 aromatic heterocycles. The molecule has 2 bridgehead atoms. The van der Waals surface area contributed by atoms with Gasteiger partial charge in [-0.2, -0.15) is 0 Å². The number of amides is 1. The van der Waals surface area contributed by atoms with Gasteiger partial charge in [-0.1, -0.05) is 17.7 Å². The minimum absolute atomic E-state index is 0.0148. The molecular weight excluding hydrogens is 534 g/mol. The molecule has 0 unspecified atom stereocenters. The third-order valence-corrected chi connectivity index (χ3v) is 7.46. The number of hydrogen-bond donors (Lipinski definition) is 1. The number of rotatable bonds is 4. The SMILES string of the molecule is COc1cc2ncnc3c2cc1OCCCN(CCN1CCOCC1)C(=O)CCC(=O)Cc1ccc(Cl)cc1N3. The Hall–Kier alpha value is -3.47. The summed E-state index contributed by atoms with van der Waals surface area (Å²) in [5.41, 5.74) is 2.12. The first kappa shape index (κ1) is 28.1. The number of methoxy groups -OCH3 is 1. The second-order valence-electron chi connectivity index (χ2n) is 9.92. The fourth-order valence-electron chi connectivity index (χ4n) is 4.97. The minimum Gasteiger partial charge on any atom is -0.493 e. The number of fused-ring (bicyclic) bond motifs is 2. The Labute approximate surface area is 238 Å².